The summed E-state index contributed by atoms with van der Waals surface area (Å²) in [4.78, 5) is 37.8. The number of nitrogens with zero attached hydrogens (tertiary/aromatic N) is 1. The van der Waals surface area contributed by atoms with Gasteiger partial charge in [-0.15, -0.1) is 0 Å². The molecule has 0 rings (SSSR count). The quantitative estimate of drug-likeness (QED) is 0.0211. The zero-order chi connectivity index (χ0) is 73.2. The van der Waals surface area contributed by atoms with Gasteiger partial charge in [0.1, 0.15) is 13.2 Å². The lowest BCUT2D eigenvalue weighted by Crippen LogP contribution is -2.40. The van der Waals surface area contributed by atoms with Gasteiger partial charge >= 0.3 is 17.9 Å². The van der Waals surface area contributed by atoms with Crippen molar-refractivity contribution in [2.45, 2.75) is 347 Å². The largest absolute Gasteiger partial charge is 0.477 e. The van der Waals surface area contributed by atoms with E-state index in [1.54, 1.807) is 0 Å². The minimum atomic E-state index is -1.52. The molecule has 0 aromatic rings. The Hall–Kier alpha value is -5.35. The average molecular weight is 1400 g/mol. The number of esters is 2. The molecular weight excluding hydrogens is 1250 g/mol. The van der Waals surface area contributed by atoms with Gasteiger partial charge in [-0.1, -0.05) is 364 Å². The summed E-state index contributed by atoms with van der Waals surface area (Å²) in [6, 6.07) is 0. The summed E-state index contributed by atoms with van der Waals surface area (Å²) in [6.07, 6.45) is 118. The van der Waals surface area contributed by atoms with Crippen molar-refractivity contribution in [3.05, 3.63) is 170 Å². The highest BCUT2D eigenvalue weighted by atomic mass is 16.7. The Bertz CT molecular complexity index is 2280. The molecule has 574 valence electrons. The highest BCUT2D eigenvalue weighted by Crippen LogP contribution is 2.18. The fraction of sp³-hybridized carbons (Fsp3) is 0.663. The maximum Gasteiger partial charge on any atom is 0.361 e. The Labute approximate surface area is 622 Å². The third-order valence-corrected chi connectivity index (χ3v) is 17.5. The Morgan fingerprint density at radius 2 is 0.535 bits per heavy atom. The lowest BCUT2D eigenvalue weighted by Gasteiger charge is -2.25. The van der Waals surface area contributed by atoms with Crippen molar-refractivity contribution in [2.24, 2.45) is 0 Å². The maximum absolute atomic E-state index is 13.0. The van der Waals surface area contributed by atoms with Gasteiger partial charge in [-0.3, -0.25) is 9.59 Å². The molecule has 0 aliphatic heterocycles. The lowest BCUT2D eigenvalue weighted by atomic mass is 10.0. The first-order valence-corrected chi connectivity index (χ1v) is 41.3. The predicted molar refractivity (Wildman–Crippen MR) is 437 cm³/mol. The number of quaternary nitrogens is 1. The number of carboxylic acids is 1. The molecule has 2 unspecified atom stereocenters. The summed E-state index contributed by atoms with van der Waals surface area (Å²) >= 11 is 0. The first-order valence-electron chi connectivity index (χ1n) is 41.3. The van der Waals surface area contributed by atoms with E-state index < -0.39 is 24.3 Å². The average Bonchev–Trinajstić information content (AvgIpc) is 1.25. The zero-order valence-corrected chi connectivity index (χ0v) is 65.8. The number of carboxylic acid groups (broad SMARTS) is 1. The second-order valence-corrected chi connectivity index (χ2v) is 28.3. The molecule has 0 spiro atoms. The van der Waals surface area contributed by atoms with Crippen molar-refractivity contribution in [1.29, 1.82) is 0 Å². The minimum absolute atomic E-state index is 0.182. The first-order chi connectivity index (χ1) is 49.6. The van der Waals surface area contributed by atoms with E-state index in [1.807, 2.05) is 21.1 Å². The number of hydrogen-bond donors (Lipinski definition) is 1. The van der Waals surface area contributed by atoms with Crippen molar-refractivity contribution < 1.29 is 42.9 Å². The summed E-state index contributed by atoms with van der Waals surface area (Å²) in [5.74, 6) is -2.00. The van der Waals surface area contributed by atoms with E-state index in [2.05, 4.69) is 184 Å². The third-order valence-electron chi connectivity index (χ3n) is 17.5. The van der Waals surface area contributed by atoms with Crippen LogP contribution in [0.25, 0.3) is 0 Å². The van der Waals surface area contributed by atoms with E-state index in [1.165, 1.54) is 173 Å². The van der Waals surface area contributed by atoms with Gasteiger partial charge < -0.3 is 28.5 Å². The molecule has 0 fully saturated rings. The van der Waals surface area contributed by atoms with Gasteiger partial charge in [-0.2, -0.15) is 0 Å². The molecule has 1 N–H and O–H groups in total. The highest BCUT2D eigenvalue weighted by molar-refractivity contribution is 5.71. The normalized spacial score (nSPS) is 13.6. The maximum atomic E-state index is 13.0. The van der Waals surface area contributed by atoms with E-state index in [0.29, 0.717) is 23.9 Å². The predicted octanol–water partition coefficient (Wildman–Crippen LogP) is 26.9. The fourth-order valence-corrected chi connectivity index (χ4v) is 11.3. The zero-order valence-electron chi connectivity index (χ0n) is 65.8. The molecule has 0 saturated carbocycles. The third kappa shape index (κ3) is 81.8. The van der Waals surface area contributed by atoms with Crippen molar-refractivity contribution in [3.63, 3.8) is 0 Å². The lowest BCUT2D eigenvalue weighted by molar-refractivity contribution is -0.870. The van der Waals surface area contributed by atoms with Crippen LogP contribution >= 0.6 is 0 Å². The second-order valence-electron chi connectivity index (χ2n) is 28.3. The molecule has 0 aliphatic carbocycles. The van der Waals surface area contributed by atoms with Crippen LogP contribution in [-0.2, 0) is 33.3 Å². The molecule has 0 aromatic carbocycles. The first kappa shape index (κ1) is 95.6. The van der Waals surface area contributed by atoms with Crippen LogP contribution in [0.15, 0.2) is 170 Å². The number of ether oxygens (including phenoxy) is 4. The molecule has 0 bridgehead atoms. The highest BCUT2D eigenvalue weighted by Gasteiger charge is 2.25. The molecule has 2 atom stereocenters. The van der Waals surface area contributed by atoms with Crippen LogP contribution in [0.5, 0.6) is 0 Å². The number of rotatable bonds is 75. The van der Waals surface area contributed by atoms with Gasteiger partial charge in [0.2, 0.25) is 0 Å². The number of likely N-dealkylation sites (N-methyl/N-ethyl adjacent to an activating group) is 1. The molecule has 9 nitrogen and oxygen atoms in total. The van der Waals surface area contributed by atoms with Crippen molar-refractivity contribution >= 4 is 17.9 Å². The summed E-state index contributed by atoms with van der Waals surface area (Å²) in [6.45, 7) is 4.66. The van der Waals surface area contributed by atoms with E-state index in [9.17, 15) is 19.5 Å². The van der Waals surface area contributed by atoms with Gasteiger partial charge in [0.25, 0.3) is 6.29 Å². The summed E-state index contributed by atoms with van der Waals surface area (Å²) < 4.78 is 23.1. The number of carbonyl (C=O) groups excluding carboxylic acids is 2. The van der Waals surface area contributed by atoms with Crippen LogP contribution in [0.4, 0.5) is 0 Å². The molecule has 0 saturated heterocycles. The Kier molecular flexibility index (Phi) is 76.1. The van der Waals surface area contributed by atoms with Crippen LogP contribution in [0.3, 0.4) is 0 Å². The number of unbranched alkanes of at least 4 members (excludes halogenated alkanes) is 32. The van der Waals surface area contributed by atoms with Gasteiger partial charge in [0, 0.05) is 12.8 Å². The molecule has 0 amide bonds. The Morgan fingerprint density at radius 1 is 0.297 bits per heavy atom. The molecule has 101 heavy (non-hydrogen) atoms. The SMILES string of the molecule is CC/C=C\C/C=C\C/C=C\C/C=C\C/C=C\C/C=C\C/C=C\C/C=C\CCCCCCCCCCCCCCC(=O)OC(COC(=O)CCCCCCCCCCCCCCCCCCCCCC/C=C\C/C=C\C/C=C\C/C=C\C/C=C\C/C=C\CC)COC(OCC[N+](C)(C)C)C(=O)O. The smallest absolute Gasteiger partial charge is 0.361 e. The van der Waals surface area contributed by atoms with Crippen molar-refractivity contribution in [1.82, 2.24) is 0 Å². The molecular formula is C92H154NO8+. The van der Waals surface area contributed by atoms with Gasteiger partial charge in [0.15, 0.2) is 6.10 Å². The molecule has 9 heteroatoms. The number of carbonyl (C=O) groups is 3. The van der Waals surface area contributed by atoms with Crippen LogP contribution in [-0.4, -0.2) is 87.4 Å². The topological polar surface area (TPSA) is 108 Å². The second kappa shape index (κ2) is 80.3. The monoisotopic (exact) mass is 1400 g/mol. The van der Waals surface area contributed by atoms with E-state index in [4.69, 9.17) is 18.9 Å². The van der Waals surface area contributed by atoms with Crippen LogP contribution in [0.1, 0.15) is 335 Å². The molecule has 0 aliphatic rings. The molecule has 0 aromatic heterocycles. The van der Waals surface area contributed by atoms with Gasteiger partial charge in [0.05, 0.1) is 34.4 Å². The summed E-state index contributed by atoms with van der Waals surface area (Å²) in [5.41, 5.74) is 0. The number of hydrogen-bond acceptors (Lipinski definition) is 7. The van der Waals surface area contributed by atoms with Crippen LogP contribution in [0.2, 0.25) is 0 Å². The Balaban J connectivity index is 4.04. The number of aliphatic carboxylic acids is 1. The summed E-state index contributed by atoms with van der Waals surface area (Å²) in [7, 11) is 5.98. The van der Waals surface area contributed by atoms with Crippen molar-refractivity contribution in [2.75, 3.05) is 47.5 Å². The number of allylic oxidation sites excluding steroid dienone is 28. The summed E-state index contributed by atoms with van der Waals surface area (Å²) in [5, 5.41) is 9.78. The van der Waals surface area contributed by atoms with Crippen molar-refractivity contribution in [3.8, 4) is 0 Å². The van der Waals surface area contributed by atoms with E-state index in [-0.39, 0.29) is 32.2 Å². The van der Waals surface area contributed by atoms with E-state index in [0.717, 1.165) is 128 Å². The van der Waals surface area contributed by atoms with Gasteiger partial charge in [-0.05, 0) is 128 Å². The standard InChI is InChI=1S/C92H153NO8/c1-6-8-10-12-14-16-18-20-22-24-26-28-30-32-34-36-38-40-42-44-45-47-48-50-52-54-56-58-60-62-64-66-68-70-72-74-76-78-80-82-89(94)99-86-88(87-100-92(91(96)97)98-85-84-93(3,4)5)101-90(95)83-81-79-77-75-73-71-69-67-65-63-61-59-57-55-53-51-49-46-43-41-39-37-35-33-31-29-27-25-23-21-19-17-15-13-11-9-7-2/h8-11,14-17,20-23,26-29,32-35,38-41,46,49,53,55,88,92H,6-7,12-13,18-19,24-25,30-31,36-37,42-45,47-48,50-52,54,56-87H2,1-5H3/p+1/b10-8-,11-9-,16-14-,17-15-,22-20-,23-21-,28-26-,29-27-,34-32-,35-33-,40-38-,41-39-,49-46-,55-53-. The van der Waals surface area contributed by atoms with Crippen LogP contribution in [0, 0.1) is 0 Å². The van der Waals surface area contributed by atoms with Gasteiger partial charge in [-0.25, -0.2) is 4.79 Å². The fourth-order valence-electron chi connectivity index (χ4n) is 11.3. The Morgan fingerprint density at radius 3 is 0.792 bits per heavy atom. The molecule has 0 heterocycles. The van der Waals surface area contributed by atoms with E-state index >= 15 is 0 Å². The minimum Gasteiger partial charge on any atom is -0.477 e. The molecule has 0 radical (unpaired) electrons. The van der Waals surface area contributed by atoms with Crippen LogP contribution < -0.4 is 0 Å².